The molecule has 0 heterocycles. The van der Waals surface area contributed by atoms with Crippen LogP contribution in [0.2, 0.25) is 0 Å². The van der Waals surface area contributed by atoms with Gasteiger partial charge in [0.05, 0.1) is 5.56 Å². The lowest BCUT2D eigenvalue weighted by Crippen LogP contribution is -2.06. The third-order valence-electron chi connectivity index (χ3n) is 2.10. The van der Waals surface area contributed by atoms with E-state index in [1.165, 1.54) is 6.07 Å². The third-order valence-corrected chi connectivity index (χ3v) is 2.10. The lowest BCUT2D eigenvalue weighted by Gasteiger charge is -2.08. The molecule has 0 amide bonds. The van der Waals surface area contributed by atoms with E-state index in [1.807, 2.05) is 0 Å². The molecule has 15 heavy (non-hydrogen) atoms. The van der Waals surface area contributed by atoms with Gasteiger partial charge in [0.25, 0.3) is 0 Å². The van der Waals surface area contributed by atoms with E-state index in [2.05, 4.69) is 4.99 Å². The van der Waals surface area contributed by atoms with Crippen LogP contribution in [-0.4, -0.2) is 12.8 Å². The molecule has 0 aliphatic carbocycles. The molecule has 82 valence electrons. The minimum atomic E-state index is -4.27. The van der Waals surface area contributed by atoms with Crippen LogP contribution in [0, 0.1) is 0 Å². The van der Waals surface area contributed by atoms with Crippen molar-refractivity contribution in [1.82, 2.24) is 0 Å². The average Bonchev–Trinajstić information content (AvgIpc) is 2.17. The summed E-state index contributed by atoms with van der Waals surface area (Å²) in [5.41, 5.74) is 0.839. The van der Waals surface area contributed by atoms with Gasteiger partial charge in [-0.15, -0.1) is 0 Å². The first-order chi connectivity index (χ1) is 6.93. The van der Waals surface area contributed by atoms with Crippen LogP contribution >= 0.6 is 0 Å². The summed E-state index contributed by atoms with van der Waals surface area (Å²) in [5.74, 6) is 0. The van der Waals surface area contributed by atoms with Gasteiger partial charge in [-0.2, -0.15) is 13.2 Å². The second kappa shape index (κ2) is 4.47. The van der Waals surface area contributed by atoms with Gasteiger partial charge in [0, 0.05) is 19.2 Å². The number of benzene rings is 1. The number of nitrogens with zero attached hydrogens (tertiary/aromatic N) is 1. The lowest BCUT2D eigenvalue weighted by molar-refractivity contribution is -0.137. The molecule has 0 saturated carbocycles. The third kappa shape index (κ3) is 3.38. The normalized spacial score (nSPS) is 13.0. The maximum absolute atomic E-state index is 12.4. The SMILES string of the molecule is C/N=C(\C)Cc1cccc(C(F)(F)F)c1. The Kier molecular flexibility index (Phi) is 3.50. The van der Waals surface area contributed by atoms with Crippen LogP contribution in [-0.2, 0) is 12.6 Å². The molecule has 0 aromatic heterocycles. The zero-order valence-corrected chi connectivity index (χ0v) is 8.60. The van der Waals surface area contributed by atoms with E-state index in [0.29, 0.717) is 12.0 Å². The van der Waals surface area contributed by atoms with E-state index < -0.39 is 11.7 Å². The fourth-order valence-corrected chi connectivity index (χ4v) is 1.23. The van der Waals surface area contributed by atoms with Gasteiger partial charge in [0.2, 0.25) is 0 Å². The Labute approximate surface area is 86.6 Å². The van der Waals surface area contributed by atoms with Gasteiger partial charge in [-0.05, 0) is 18.6 Å². The molecule has 0 N–H and O–H groups in total. The monoisotopic (exact) mass is 215 g/mol. The Bertz CT molecular complexity index is 366. The van der Waals surface area contributed by atoms with Gasteiger partial charge < -0.3 is 0 Å². The van der Waals surface area contributed by atoms with Crippen LogP contribution in [0.25, 0.3) is 0 Å². The van der Waals surface area contributed by atoms with Crippen molar-refractivity contribution >= 4 is 5.71 Å². The van der Waals surface area contributed by atoms with Crippen molar-refractivity contribution in [2.24, 2.45) is 4.99 Å². The van der Waals surface area contributed by atoms with Gasteiger partial charge >= 0.3 is 6.18 Å². The quantitative estimate of drug-likeness (QED) is 0.671. The van der Waals surface area contributed by atoms with Crippen LogP contribution in [0.3, 0.4) is 0 Å². The fraction of sp³-hybridized carbons (Fsp3) is 0.364. The van der Waals surface area contributed by atoms with Crippen molar-refractivity contribution < 1.29 is 13.2 Å². The van der Waals surface area contributed by atoms with Gasteiger partial charge in [0.1, 0.15) is 0 Å². The standard InChI is InChI=1S/C11H12F3N/c1-8(15-2)6-9-4-3-5-10(7-9)11(12,13)14/h3-5,7H,6H2,1-2H3/b15-8+. The Hall–Kier alpha value is -1.32. The molecule has 1 aromatic rings. The first-order valence-electron chi connectivity index (χ1n) is 4.52. The van der Waals surface area contributed by atoms with Gasteiger partial charge in [-0.3, -0.25) is 4.99 Å². The molecule has 0 saturated heterocycles. The topological polar surface area (TPSA) is 12.4 Å². The van der Waals surface area contributed by atoms with Gasteiger partial charge in [0.15, 0.2) is 0 Å². The molecule has 0 radical (unpaired) electrons. The van der Waals surface area contributed by atoms with E-state index in [0.717, 1.165) is 17.8 Å². The molecule has 0 fully saturated rings. The molecule has 0 atom stereocenters. The number of hydrogen-bond acceptors (Lipinski definition) is 1. The summed E-state index contributed by atoms with van der Waals surface area (Å²) in [7, 11) is 1.63. The van der Waals surface area contributed by atoms with Crippen LogP contribution < -0.4 is 0 Å². The number of rotatable bonds is 2. The second-order valence-corrected chi connectivity index (χ2v) is 3.33. The maximum Gasteiger partial charge on any atom is 0.416 e. The van der Waals surface area contributed by atoms with Crippen molar-refractivity contribution in [1.29, 1.82) is 0 Å². The lowest BCUT2D eigenvalue weighted by atomic mass is 10.1. The molecule has 0 unspecified atom stereocenters. The smallest absolute Gasteiger partial charge is 0.297 e. The van der Waals surface area contributed by atoms with E-state index in [4.69, 9.17) is 0 Å². The average molecular weight is 215 g/mol. The summed E-state index contributed by atoms with van der Waals surface area (Å²) in [6, 6.07) is 5.32. The summed E-state index contributed by atoms with van der Waals surface area (Å²) in [5, 5.41) is 0. The number of alkyl halides is 3. The Morgan fingerprint density at radius 3 is 2.53 bits per heavy atom. The molecule has 0 spiro atoms. The minimum Gasteiger partial charge on any atom is -0.297 e. The zero-order chi connectivity index (χ0) is 11.5. The van der Waals surface area contributed by atoms with Crippen molar-refractivity contribution in [2.45, 2.75) is 19.5 Å². The van der Waals surface area contributed by atoms with Crippen molar-refractivity contribution in [3.8, 4) is 0 Å². The fourth-order valence-electron chi connectivity index (χ4n) is 1.23. The number of halogens is 3. The molecule has 1 rings (SSSR count). The maximum atomic E-state index is 12.4. The highest BCUT2D eigenvalue weighted by Crippen LogP contribution is 2.29. The van der Waals surface area contributed by atoms with E-state index >= 15 is 0 Å². The predicted octanol–water partition coefficient (Wildman–Crippen LogP) is 3.34. The van der Waals surface area contributed by atoms with E-state index in [1.54, 1.807) is 20.0 Å². The molecular formula is C11H12F3N. The Morgan fingerprint density at radius 2 is 2.00 bits per heavy atom. The highest BCUT2D eigenvalue weighted by atomic mass is 19.4. The van der Waals surface area contributed by atoms with E-state index in [9.17, 15) is 13.2 Å². The van der Waals surface area contributed by atoms with Crippen LogP contribution in [0.1, 0.15) is 18.1 Å². The van der Waals surface area contributed by atoms with Crippen molar-refractivity contribution in [3.05, 3.63) is 35.4 Å². The zero-order valence-electron chi connectivity index (χ0n) is 8.60. The molecule has 0 bridgehead atoms. The Balaban J connectivity index is 2.93. The minimum absolute atomic E-state index is 0.459. The molecule has 4 heteroatoms. The number of aliphatic imine (C=N–C) groups is 1. The van der Waals surface area contributed by atoms with Crippen molar-refractivity contribution in [3.63, 3.8) is 0 Å². The highest BCUT2D eigenvalue weighted by Gasteiger charge is 2.30. The summed E-state index contributed by atoms with van der Waals surface area (Å²) >= 11 is 0. The van der Waals surface area contributed by atoms with Crippen molar-refractivity contribution in [2.75, 3.05) is 7.05 Å². The van der Waals surface area contributed by atoms with Crippen LogP contribution in [0.5, 0.6) is 0 Å². The number of hydrogen-bond donors (Lipinski definition) is 0. The van der Waals surface area contributed by atoms with E-state index in [-0.39, 0.29) is 0 Å². The summed E-state index contributed by atoms with van der Waals surface area (Å²) in [6.07, 6.45) is -3.81. The van der Waals surface area contributed by atoms with Crippen LogP contribution in [0.4, 0.5) is 13.2 Å². The van der Waals surface area contributed by atoms with Crippen LogP contribution in [0.15, 0.2) is 29.3 Å². The Morgan fingerprint density at radius 1 is 1.33 bits per heavy atom. The molecule has 1 nitrogen and oxygen atoms in total. The van der Waals surface area contributed by atoms with Gasteiger partial charge in [-0.25, -0.2) is 0 Å². The second-order valence-electron chi connectivity index (χ2n) is 3.33. The molecular weight excluding hydrogens is 203 g/mol. The molecule has 0 aliphatic rings. The molecule has 1 aromatic carbocycles. The summed E-state index contributed by atoms with van der Waals surface area (Å²) in [4.78, 5) is 3.91. The summed E-state index contributed by atoms with van der Waals surface area (Å²) < 4.78 is 37.1. The molecule has 0 aliphatic heterocycles. The first-order valence-corrected chi connectivity index (χ1v) is 4.52. The predicted molar refractivity (Wildman–Crippen MR) is 54.2 cm³/mol. The highest BCUT2D eigenvalue weighted by molar-refractivity contribution is 5.84. The first kappa shape index (κ1) is 11.8. The van der Waals surface area contributed by atoms with Gasteiger partial charge in [-0.1, -0.05) is 18.2 Å². The largest absolute Gasteiger partial charge is 0.416 e. The summed E-state index contributed by atoms with van der Waals surface area (Å²) in [6.45, 7) is 1.79.